The molecule has 1 aliphatic rings. The molecule has 0 aliphatic carbocycles. The first kappa shape index (κ1) is 25.3. The Bertz CT molecular complexity index is 869. The van der Waals surface area contributed by atoms with Crippen LogP contribution in [0.5, 0.6) is 11.5 Å². The number of phenols is 1. The van der Waals surface area contributed by atoms with E-state index in [1.807, 2.05) is 19.9 Å². The van der Waals surface area contributed by atoms with Gasteiger partial charge in [0.25, 0.3) is 0 Å². The van der Waals surface area contributed by atoms with E-state index < -0.39 is 0 Å². The number of hydrogen-bond donors (Lipinski definition) is 1. The molecular weight excluding hydrogens is 380 g/mol. The number of ether oxygens (including phenoxy) is 1. The molecule has 2 nitrogen and oxygen atoms in total. The van der Waals surface area contributed by atoms with Crippen LogP contribution < -0.4 is 4.74 Å². The van der Waals surface area contributed by atoms with Gasteiger partial charge in [-0.3, -0.25) is 0 Å². The Hall–Kier alpha value is -1.96. The normalized spacial score (nSPS) is 19.7. The van der Waals surface area contributed by atoms with Gasteiger partial charge in [0.05, 0.1) is 0 Å². The van der Waals surface area contributed by atoms with Crippen molar-refractivity contribution in [2.45, 2.75) is 106 Å². The Morgan fingerprint density at radius 1 is 1.13 bits per heavy atom. The molecule has 2 rings (SSSR count). The first-order valence-corrected chi connectivity index (χ1v) is 12.0. The third-order valence-electron chi connectivity index (χ3n) is 7.12. The lowest BCUT2D eigenvalue weighted by Crippen LogP contribution is -2.39. The van der Waals surface area contributed by atoms with Gasteiger partial charge in [0.15, 0.2) is 0 Å². The lowest BCUT2D eigenvalue weighted by Gasteiger charge is -2.39. The molecule has 0 aromatic heterocycles. The highest BCUT2D eigenvalue weighted by Gasteiger charge is 2.37. The zero-order valence-electron chi connectivity index (χ0n) is 21.2. The van der Waals surface area contributed by atoms with Gasteiger partial charge >= 0.3 is 0 Å². The molecule has 0 bridgehead atoms. The molecule has 31 heavy (non-hydrogen) atoms. The lowest BCUT2D eigenvalue weighted by molar-refractivity contribution is 0.103. The summed E-state index contributed by atoms with van der Waals surface area (Å²) in [6.07, 6.45) is 12.1. The van der Waals surface area contributed by atoms with E-state index in [1.165, 1.54) is 36.0 Å². The third kappa shape index (κ3) is 5.84. The minimum Gasteiger partial charge on any atom is -0.507 e. The van der Waals surface area contributed by atoms with Gasteiger partial charge < -0.3 is 9.84 Å². The van der Waals surface area contributed by atoms with Crippen LogP contribution in [0.2, 0.25) is 0 Å². The quantitative estimate of drug-likeness (QED) is 0.318. The number of benzene rings is 1. The maximum absolute atomic E-state index is 10.5. The summed E-state index contributed by atoms with van der Waals surface area (Å²) in [5.74, 6) is 2.15. The van der Waals surface area contributed by atoms with Crippen molar-refractivity contribution < 1.29 is 9.84 Å². The average molecular weight is 425 g/mol. The van der Waals surface area contributed by atoms with E-state index >= 15 is 0 Å². The topological polar surface area (TPSA) is 29.5 Å². The molecule has 0 radical (unpaired) electrons. The molecule has 0 fully saturated rings. The molecule has 0 saturated carbocycles. The molecule has 2 heteroatoms. The van der Waals surface area contributed by atoms with Crippen molar-refractivity contribution in [1.29, 1.82) is 0 Å². The first-order chi connectivity index (χ1) is 14.5. The van der Waals surface area contributed by atoms with Crippen LogP contribution >= 0.6 is 0 Å². The van der Waals surface area contributed by atoms with Crippen molar-refractivity contribution in [3.63, 3.8) is 0 Å². The SMILES string of the molecule is C=CC(=C(C)CCC=C(C)CCCC(C)C)C1(C)CCc2c(C)c(O)c(C)c(C)c2O1. The fraction of sp³-hybridized carbons (Fsp3) is 0.586. The van der Waals surface area contributed by atoms with Crippen LogP contribution in [0.4, 0.5) is 0 Å². The second-order valence-electron chi connectivity index (χ2n) is 10.1. The third-order valence-corrected chi connectivity index (χ3v) is 7.12. The summed E-state index contributed by atoms with van der Waals surface area (Å²) in [6.45, 7) is 21.4. The summed E-state index contributed by atoms with van der Waals surface area (Å²) in [6, 6.07) is 0. The molecule has 0 saturated heterocycles. The van der Waals surface area contributed by atoms with E-state index in [9.17, 15) is 5.11 Å². The van der Waals surface area contributed by atoms with E-state index in [2.05, 4.69) is 54.2 Å². The van der Waals surface area contributed by atoms with Gasteiger partial charge in [-0.05, 0) is 108 Å². The van der Waals surface area contributed by atoms with Crippen molar-refractivity contribution in [2.75, 3.05) is 0 Å². The van der Waals surface area contributed by atoms with E-state index in [-0.39, 0.29) is 5.60 Å². The molecule has 1 aromatic rings. The number of rotatable bonds is 9. The molecule has 1 unspecified atom stereocenters. The predicted molar refractivity (Wildman–Crippen MR) is 134 cm³/mol. The summed E-state index contributed by atoms with van der Waals surface area (Å²) in [5, 5.41) is 10.5. The van der Waals surface area contributed by atoms with Crippen molar-refractivity contribution >= 4 is 0 Å². The van der Waals surface area contributed by atoms with Crippen molar-refractivity contribution in [1.82, 2.24) is 0 Å². The van der Waals surface area contributed by atoms with Gasteiger partial charge in [-0.1, -0.05) is 50.1 Å². The van der Waals surface area contributed by atoms with Crippen molar-refractivity contribution in [3.05, 3.63) is 57.7 Å². The van der Waals surface area contributed by atoms with Crippen LogP contribution in [0, 0.1) is 26.7 Å². The van der Waals surface area contributed by atoms with Crippen molar-refractivity contribution in [3.8, 4) is 11.5 Å². The Labute approximate surface area is 191 Å². The molecular formula is C29H44O2. The van der Waals surface area contributed by atoms with Crippen LogP contribution in [0.15, 0.2) is 35.5 Å². The molecule has 1 atom stereocenters. The number of aromatic hydroxyl groups is 1. The molecule has 1 N–H and O–H groups in total. The Morgan fingerprint density at radius 3 is 2.42 bits per heavy atom. The number of allylic oxidation sites excluding steroid dienone is 3. The summed E-state index contributed by atoms with van der Waals surface area (Å²) in [4.78, 5) is 0. The first-order valence-electron chi connectivity index (χ1n) is 12.0. The van der Waals surface area contributed by atoms with E-state index in [0.717, 1.165) is 59.6 Å². The Morgan fingerprint density at radius 2 is 1.81 bits per heavy atom. The van der Waals surface area contributed by atoms with E-state index in [1.54, 1.807) is 0 Å². The second-order valence-corrected chi connectivity index (χ2v) is 10.1. The number of fused-ring (bicyclic) bond motifs is 1. The van der Waals surface area contributed by atoms with Gasteiger partial charge in [0.1, 0.15) is 17.1 Å². The predicted octanol–water partition coefficient (Wildman–Crippen LogP) is 8.46. The average Bonchev–Trinajstić information content (AvgIpc) is 2.70. The van der Waals surface area contributed by atoms with Crippen LogP contribution in [0.3, 0.4) is 0 Å². The number of phenolic OH excluding ortho intramolecular Hbond substituents is 1. The standard InChI is InChI=1S/C29H44O2/c1-10-26(21(5)16-12-15-20(4)14-11-13-19(2)3)29(9)18-17-25-24(8)27(30)22(6)23(7)28(25)31-29/h10,15,19,30H,1,11-14,16-18H2,2-9H3. The molecule has 1 aromatic carbocycles. The fourth-order valence-corrected chi connectivity index (χ4v) is 4.84. The van der Waals surface area contributed by atoms with Gasteiger partial charge in [-0.25, -0.2) is 0 Å². The van der Waals surface area contributed by atoms with Crippen LogP contribution in [0.25, 0.3) is 0 Å². The van der Waals surface area contributed by atoms with E-state index in [4.69, 9.17) is 4.74 Å². The maximum Gasteiger partial charge on any atom is 0.131 e. The van der Waals surface area contributed by atoms with Crippen LogP contribution in [-0.4, -0.2) is 10.7 Å². The monoisotopic (exact) mass is 424 g/mol. The molecule has 0 amide bonds. The Balaban J connectivity index is 2.18. The minimum absolute atomic E-state index is 0.379. The molecule has 0 spiro atoms. The highest BCUT2D eigenvalue weighted by atomic mass is 16.5. The van der Waals surface area contributed by atoms with Crippen molar-refractivity contribution in [2.24, 2.45) is 5.92 Å². The highest BCUT2D eigenvalue weighted by molar-refractivity contribution is 5.59. The zero-order chi connectivity index (χ0) is 23.3. The smallest absolute Gasteiger partial charge is 0.131 e. The summed E-state index contributed by atoms with van der Waals surface area (Å²) in [7, 11) is 0. The van der Waals surface area contributed by atoms with Crippen LogP contribution in [0.1, 0.15) is 95.4 Å². The van der Waals surface area contributed by atoms with E-state index in [0.29, 0.717) is 5.75 Å². The lowest BCUT2D eigenvalue weighted by atomic mass is 9.81. The summed E-state index contributed by atoms with van der Waals surface area (Å²) in [5.41, 5.74) is 7.77. The summed E-state index contributed by atoms with van der Waals surface area (Å²) >= 11 is 0. The van der Waals surface area contributed by atoms with Crippen LogP contribution in [-0.2, 0) is 6.42 Å². The van der Waals surface area contributed by atoms with Gasteiger partial charge in [0, 0.05) is 5.56 Å². The van der Waals surface area contributed by atoms with Gasteiger partial charge in [0.2, 0.25) is 0 Å². The van der Waals surface area contributed by atoms with Gasteiger partial charge in [-0.2, -0.15) is 0 Å². The number of hydrogen-bond acceptors (Lipinski definition) is 2. The maximum atomic E-state index is 10.5. The van der Waals surface area contributed by atoms with Gasteiger partial charge in [-0.15, -0.1) is 0 Å². The fourth-order valence-electron chi connectivity index (χ4n) is 4.84. The molecule has 1 aliphatic heterocycles. The second kappa shape index (κ2) is 10.6. The minimum atomic E-state index is -0.379. The Kier molecular flexibility index (Phi) is 8.63. The molecule has 172 valence electrons. The molecule has 1 heterocycles. The largest absolute Gasteiger partial charge is 0.507 e. The highest BCUT2D eigenvalue weighted by Crippen LogP contribution is 2.45. The summed E-state index contributed by atoms with van der Waals surface area (Å²) < 4.78 is 6.69. The zero-order valence-corrected chi connectivity index (χ0v) is 21.2.